The van der Waals surface area contributed by atoms with Crippen LogP contribution >= 0.6 is 23.2 Å². The second-order valence-corrected chi connectivity index (χ2v) is 7.08. The normalized spacial score (nSPS) is 12.2. The molecule has 0 bridgehead atoms. The van der Waals surface area contributed by atoms with Gasteiger partial charge in [0.05, 0.1) is 15.6 Å². The zero-order valence-corrected chi connectivity index (χ0v) is 16.6. The third-order valence-corrected chi connectivity index (χ3v) is 4.72. The van der Waals surface area contributed by atoms with E-state index >= 15 is 0 Å². The van der Waals surface area contributed by atoms with Crippen LogP contribution in [0.5, 0.6) is 0 Å². The van der Waals surface area contributed by atoms with E-state index in [4.69, 9.17) is 32.8 Å². The van der Waals surface area contributed by atoms with E-state index in [1.165, 1.54) is 18.3 Å². The molecule has 0 unspecified atom stereocenters. The van der Waals surface area contributed by atoms with Gasteiger partial charge in [0, 0.05) is 24.0 Å². The lowest BCUT2D eigenvalue weighted by Gasteiger charge is -2.07. The molecule has 1 N–H and O–H groups in total. The molecule has 0 atom stereocenters. The molecule has 0 aliphatic carbocycles. The highest BCUT2D eigenvalue weighted by atomic mass is 35.5. The van der Waals surface area contributed by atoms with Crippen molar-refractivity contribution < 1.29 is 27.6 Å². The SMILES string of the molecule is O=C(O)C=Cc1ccc(-c2noc(-c3cn4cc(C(F)(F)F)cc(Cl)c4n3)n2)c(Cl)c1. The molecule has 12 heteroatoms. The topological polar surface area (TPSA) is 93.5 Å². The summed E-state index contributed by atoms with van der Waals surface area (Å²) in [4.78, 5) is 19.0. The van der Waals surface area contributed by atoms with Gasteiger partial charge in [0.2, 0.25) is 5.82 Å². The van der Waals surface area contributed by atoms with Crippen molar-refractivity contribution in [1.82, 2.24) is 19.5 Å². The molecule has 0 fully saturated rings. The lowest BCUT2D eigenvalue weighted by Crippen LogP contribution is -2.06. The molecule has 158 valence electrons. The van der Waals surface area contributed by atoms with E-state index in [2.05, 4.69) is 15.1 Å². The monoisotopic (exact) mass is 468 g/mol. The molecule has 1 aromatic carbocycles. The Bertz CT molecular complexity index is 1350. The third-order valence-electron chi connectivity index (χ3n) is 4.13. The van der Waals surface area contributed by atoms with Crippen LogP contribution in [0.15, 0.2) is 47.3 Å². The number of nitrogens with zero attached hydrogens (tertiary/aromatic N) is 4. The predicted octanol–water partition coefficient (Wildman–Crippen LogP) is 5.47. The van der Waals surface area contributed by atoms with Gasteiger partial charge >= 0.3 is 12.1 Å². The molecule has 0 saturated carbocycles. The zero-order chi connectivity index (χ0) is 22.3. The smallest absolute Gasteiger partial charge is 0.417 e. The quantitative estimate of drug-likeness (QED) is 0.399. The molecular formula is C19H9Cl2F3N4O3. The highest BCUT2D eigenvalue weighted by Gasteiger charge is 2.32. The summed E-state index contributed by atoms with van der Waals surface area (Å²) in [6, 6.07) is 5.50. The van der Waals surface area contributed by atoms with Gasteiger partial charge in [-0.1, -0.05) is 34.4 Å². The molecule has 7 nitrogen and oxygen atoms in total. The van der Waals surface area contributed by atoms with Crippen LogP contribution in [0, 0.1) is 0 Å². The first-order chi connectivity index (χ1) is 14.6. The largest absolute Gasteiger partial charge is 0.478 e. The van der Waals surface area contributed by atoms with Crippen LogP contribution in [0.25, 0.3) is 34.7 Å². The average molecular weight is 469 g/mol. The van der Waals surface area contributed by atoms with Crippen LogP contribution in [-0.4, -0.2) is 30.6 Å². The number of hydrogen-bond donors (Lipinski definition) is 1. The van der Waals surface area contributed by atoms with Gasteiger partial charge in [-0.05, 0) is 29.8 Å². The van der Waals surface area contributed by atoms with Gasteiger partial charge in [-0.25, -0.2) is 9.78 Å². The lowest BCUT2D eigenvalue weighted by atomic mass is 10.1. The maximum absolute atomic E-state index is 13.0. The number of pyridine rings is 1. The number of imidazole rings is 1. The van der Waals surface area contributed by atoms with Crippen molar-refractivity contribution in [3.8, 4) is 23.0 Å². The number of carbonyl (C=O) groups is 1. The first kappa shape index (κ1) is 20.9. The molecule has 0 saturated heterocycles. The molecule has 0 aliphatic heterocycles. The van der Waals surface area contributed by atoms with Gasteiger partial charge in [0.1, 0.15) is 5.69 Å². The van der Waals surface area contributed by atoms with E-state index in [-0.39, 0.29) is 33.1 Å². The molecule has 0 radical (unpaired) electrons. The summed E-state index contributed by atoms with van der Waals surface area (Å²) >= 11 is 12.2. The van der Waals surface area contributed by atoms with Gasteiger partial charge < -0.3 is 14.0 Å². The zero-order valence-electron chi connectivity index (χ0n) is 15.1. The molecule has 31 heavy (non-hydrogen) atoms. The highest BCUT2D eigenvalue weighted by molar-refractivity contribution is 6.33. The first-order valence-corrected chi connectivity index (χ1v) is 9.18. The minimum absolute atomic E-state index is 0.0470. The number of aliphatic carboxylic acids is 1. The Morgan fingerprint density at radius 3 is 2.58 bits per heavy atom. The third kappa shape index (κ3) is 4.25. The van der Waals surface area contributed by atoms with Crippen LogP contribution in [0.4, 0.5) is 13.2 Å². The predicted molar refractivity (Wildman–Crippen MR) is 106 cm³/mol. The fourth-order valence-electron chi connectivity index (χ4n) is 2.74. The van der Waals surface area contributed by atoms with Gasteiger partial charge in [0.15, 0.2) is 5.65 Å². The van der Waals surface area contributed by atoms with Crippen molar-refractivity contribution in [2.45, 2.75) is 6.18 Å². The summed E-state index contributed by atoms with van der Waals surface area (Å²) in [5.41, 5.74) is 0.249. The lowest BCUT2D eigenvalue weighted by molar-refractivity contribution is -0.138. The minimum Gasteiger partial charge on any atom is -0.478 e. The average Bonchev–Trinajstić information content (AvgIpc) is 3.32. The number of carboxylic acids is 1. The van der Waals surface area contributed by atoms with Crippen molar-refractivity contribution in [3.63, 3.8) is 0 Å². The number of benzene rings is 1. The van der Waals surface area contributed by atoms with E-state index in [9.17, 15) is 18.0 Å². The van der Waals surface area contributed by atoms with E-state index in [0.717, 1.165) is 22.7 Å². The van der Waals surface area contributed by atoms with Gasteiger partial charge in [-0.3, -0.25) is 0 Å². The molecular weight excluding hydrogens is 460 g/mol. The number of halogens is 5. The second kappa shape index (κ2) is 7.71. The number of rotatable bonds is 4. The van der Waals surface area contributed by atoms with Crippen LogP contribution < -0.4 is 0 Å². The minimum atomic E-state index is -4.57. The van der Waals surface area contributed by atoms with Crippen molar-refractivity contribution in [2.75, 3.05) is 0 Å². The first-order valence-electron chi connectivity index (χ1n) is 8.42. The van der Waals surface area contributed by atoms with Crippen molar-refractivity contribution in [1.29, 1.82) is 0 Å². The molecule has 0 amide bonds. The van der Waals surface area contributed by atoms with Crippen LogP contribution in [-0.2, 0) is 11.0 Å². The van der Waals surface area contributed by atoms with Crippen LogP contribution in [0.2, 0.25) is 10.0 Å². The highest BCUT2D eigenvalue weighted by Crippen LogP contribution is 2.34. The van der Waals surface area contributed by atoms with E-state index in [0.29, 0.717) is 11.1 Å². The standard InChI is InChI=1S/C19H9Cl2F3N4O3/c20-12-5-9(2-4-15(29)30)1-3-11(12)16-26-18(31-27-16)14-8-28-7-10(19(22,23)24)6-13(21)17(28)25-14/h1-8H,(H,29,30). The summed E-state index contributed by atoms with van der Waals surface area (Å²) in [5, 5.41) is 12.6. The van der Waals surface area contributed by atoms with Crippen LogP contribution in [0.3, 0.4) is 0 Å². The molecule has 4 rings (SSSR count). The Kier molecular flexibility index (Phi) is 5.19. The number of alkyl halides is 3. The van der Waals surface area contributed by atoms with Crippen molar-refractivity contribution in [3.05, 3.63) is 63.9 Å². The second-order valence-electron chi connectivity index (χ2n) is 6.27. The molecule has 4 aromatic rings. The van der Waals surface area contributed by atoms with Crippen LogP contribution in [0.1, 0.15) is 11.1 Å². The molecule has 3 aromatic heterocycles. The number of hydrogen-bond acceptors (Lipinski definition) is 5. The summed E-state index contributed by atoms with van der Waals surface area (Å²) in [6.07, 6.45) is -0.0847. The molecule has 0 spiro atoms. The van der Waals surface area contributed by atoms with E-state index < -0.39 is 17.7 Å². The van der Waals surface area contributed by atoms with Gasteiger partial charge in [-0.2, -0.15) is 18.2 Å². The Morgan fingerprint density at radius 1 is 1.13 bits per heavy atom. The summed E-state index contributed by atoms with van der Waals surface area (Å²) in [6.45, 7) is 0. The van der Waals surface area contributed by atoms with Gasteiger partial charge in [0.25, 0.3) is 5.89 Å². The summed E-state index contributed by atoms with van der Waals surface area (Å²) in [5.74, 6) is -1.03. The Balaban J connectivity index is 1.68. The number of aromatic nitrogens is 4. The Morgan fingerprint density at radius 2 is 1.90 bits per heavy atom. The van der Waals surface area contributed by atoms with E-state index in [1.54, 1.807) is 12.1 Å². The van der Waals surface area contributed by atoms with Crippen molar-refractivity contribution >= 4 is 40.9 Å². The maximum Gasteiger partial charge on any atom is 0.417 e. The number of carboxylic acid groups (broad SMARTS) is 1. The summed E-state index contributed by atoms with van der Waals surface area (Å²) in [7, 11) is 0. The van der Waals surface area contributed by atoms with Crippen molar-refractivity contribution in [2.24, 2.45) is 0 Å². The Hall–Kier alpha value is -3.37. The fourth-order valence-corrected chi connectivity index (χ4v) is 3.27. The molecule has 0 aliphatic rings. The molecule has 3 heterocycles. The maximum atomic E-state index is 13.0. The summed E-state index contributed by atoms with van der Waals surface area (Å²) < 4.78 is 45.3. The van der Waals surface area contributed by atoms with Gasteiger partial charge in [-0.15, -0.1) is 0 Å². The fraction of sp³-hybridized carbons (Fsp3) is 0.0526. The number of fused-ring (bicyclic) bond motifs is 1. The Labute approximate surface area is 181 Å². The van der Waals surface area contributed by atoms with E-state index in [1.807, 2.05) is 0 Å².